The number of nitrogens with two attached hydrogens (primary N) is 1. The number of ether oxygens (including phenoxy) is 2. The van der Waals surface area contributed by atoms with E-state index in [4.69, 9.17) is 10.5 Å². The Kier molecular flexibility index (Phi) is 8.90. The molecule has 0 aliphatic carbocycles. The Bertz CT molecular complexity index is 1380. The molecule has 2 heterocycles. The predicted octanol–water partition coefficient (Wildman–Crippen LogP) is 3.97. The van der Waals surface area contributed by atoms with Crippen molar-refractivity contribution in [3.05, 3.63) is 42.0 Å². The number of hydrogen-bond donors (Lipinski definition) is 4. The van der Waals surface area contributed by atoms with E-state index in [2.05, 4.69) is 29.9 Å². The Morgan fingerprint density at radius 2 is 1.92 bits per heavy atom. The van der Waals surface area contributed by atoms with Crippen LogP contribution in [0.15, 0.2) is 30.9 Å². The molecule has 5 N–H and O–H groups in total. The molecule has 0 aliphatic rings. The summed E-state index contributed by atoms with van der Waals surface area (Å²) in [6.45, 7) is 7.95. The van der Waals surface area contributed by atoms with Crippen LogP contribution < -0.4 is 20.6 Å². The fourth-order valence-corrected chi connectivity index (χ4v) is 6.34. The van der Waals surface area contributed by atoms with Crippen molar-refractivity contribution < 1.29 is 37.1 Å². The first-order chi connectivity index (χ1) is 18.0. The number of nitrogens with zero attached hydrogens (tertiary/aromatic N) is 4. The molecule has 1 aromatic carbocycles. The van der Waals surface area contributed by atoms with Crippen molar-refractivity contribution in [1.82, 2.24) is 29.7 Å². The lowest BCUT2D eigenvalue weighted by molar-refractivity contribution is -0.274. The minimum atomic E-state index is -4.84. The molecule has 0 saturated heterocycles. The van der Waals surface area contributed by atoms with Gasteiger partial charge >= 0.3 is 12.3 Å². The zero-order valence-electron chi connectivity index (χ0n) is 22.0. The number of anilines is 1. The molecular weight excluding hydrogens is 542 g/mol. The molecule has 0 fully saturated rings. The molecule has 3 rings (SSSR count). The van der Waals surface area contributed by atoms with Crippen LogP contribution in [0, 0.1) is 6.92 Å². The van der Waals surface area contributed by atoms with E-state index in [1.165, 1.54) is 38.6 Å². The number of hydrogen-bond acceptors (Lipinski definition) is 8. The van der Waals surface area contributed by atoms with Gasteiger partial charge in [-0.25, -0.2) is 25.1 Å². The molecule has 12 nitrogen and oxygen atoms in total. The highest BCUT2D eigenvalue weighted by Gasteiger charge is 2.38. The molecule has 0 saturated carbocycles. The Balaban J connectivity index is 1.77. The SMILES string of the molecule is Cc1cc(OC(F)(F)F)ccc1[C@@H](C)NP(=O)(COC(C)Cn1cnc2c(N)ncnc21)NC(C)(C)C(=O)O. The normalized spacial score (nSPS) is 15.6. The van der Waals surface area contributed by atoms with Crippen LogP contribution >= 0.6 is 7.44 Å². The number of aryl methyl sites for hydroxylation is 1. The van der Waals surface area contributed by atoms with Crippen molar-refractivity contribution in [3.63, 3.8) is 0 Å². The summed E-state index contributed by atoms with van der Waals surface area (Å²) in [6.07, 6.45) is -2.91. The molecule has 0 bridgehead atoms. The van der Waals surface area contributed by atoms with Crippen molar-refractivity contribution >= 4 is 30.4 Å². The van der Waals surface area contributed by atoms with E-state index in [1.807, 2.05) is 0 Å². The van der Waals surface area contributed by atoms with E-state index in [1.54, 1.807) is 25.3 Å². The summed E-state index contributed by atoms with van der Waals surface area (Å²) in [7, 11) is -3.77. The summed E-state index contributed by atoms with van der Waals surface area (Å²) < 4.78 is 63.3. The zero-order chi connectivity index (χ0) is 29.2. The maximum Gasteiger partial charge on any atom is 0.573 e. The zero-order valence-corrected chi connectivity index (χ0v) is 22.9. The number of rotatable bonds is 12. The number of imidazole rings is 1. The third-order valence-corrected chi connectivity index (χ3v) is 8.00. The average molecular weight is 574 g/mol. The number of halogens is 3. The highest BCUT2D eigenvalue weighted by molar-refractivity contribution is 7.59. The topological polar surface area (TPSA) is 167 Å². The van der Waals surface area contributed by atoms with Gasteiger partial charge in [0, 0.05) is 6.04 Å². The summed E-state index contributed by atoms with van der Waals surface area (Å²) in [5, 5.41) is 15.2. The lowest BCUT2D eigenvalue weighted by Crippen LogP contribution is -2.48. The lowest BCUT2D eigenvalue weighted by Gasteiger charge is -2.32. The van der Waals surface area contributed by atoms with E-state index < -0.39 is 43.8 Å². The number of carboxylic acid groups (broad SMARTS) is 1. The number of nitrogen functional groups attached to an aromatic ring is 1. The molecule has 0 amide bonds. The minimum absolute atomic E-state index is 0.225. The second-order valence-corrected chi connectivity index (χ2v) is 11.9. The van der Waals surface area contributed by atoms with Crippen molar-refractivity contribution in [2.24, 2.45) is 0 Å². The number of benzene rings is 1. The summed E-state index contributed by atoms with van der Waals surface area (Å²) >= 11 is 0. The Morgan fingerprint density at radius 3 is 2.54 bits per heavy atom. The Hall–Kier alpha value is -3.26. The number of alkyl halides is 3. The minimum Gasteiger partial charge on any atom is -0.480 e. The third-order valence-electron chi connectivity index (χ3n) is 5.76. The molecule has 2 unspecified atom stereocenters. The molecule has 0 spiro atoms. The van der Waals surface area contributed by atoms with Crippen molar-refractivity contribution in [1.29, 1.82) is 0 Å². The van der Waals surface area contributed by atoms with Crippen molar-refractivity contribution in [3.8, 4) is 5.75 Å². The first-order valence-electron chi connectivity index (χ1n) is 11.8. The lowest BCUT2D eigenvalue weighted by atomic mass is 10.0. The smallest absolute Gasteiger partial charge is 0.480 e. The molecular formula is C23H31F3N7O5P. The van der Waals surface area contributed by atoms with E-state index in [0.29, 0.717) is 22.3 Å². The third kappa shape index (κ3) is 7.88. The molecule has 39 heavy (non-hydrogen) atoms. The molecule has 3 aromatic rings. The number of carbonyl (C=O) groups is 1. The highest BCUT2D eigenvalue weighted by Crippen LogP contribution is 2.43. The van der Waals surface area contributed by atoms with Crippen LogP contribution in [0.25, 0.3) is 11.2 Å². The molecule has 0 aliphatic heterocycles. The van der Waals surface area contributed by atoms with Crippen LogP contribution in [0.3, 0.4) is 0 Å². The fraction of sp³-hybridized carbons (Fsp3) is 0.478. The van der Waals surface area contributed by atoms with Gasteiger partial charge in [0.25, 0.3) is 0 Å². The van der Waals surface area contributed by atoms with E-state index in [-0.39, 0.29) is 18.1 Å². The quantitative estimate of drug-likeness (QED) is 0.232. The molecule has 16 heteroatoms. The van der Waals surface area contributed by atoms with Crippen LogP contribution in [0.5, 0.6) is 5.75 Å². The van der Waals surface area contributed by atoms with E-state index >= 15 is 0 Å². The van der Waals surface area contributed by atoms with Gasteiger partial charge in [0.15, 0.2) is 11.5 Å². The van der Waals surface area contributed by atoms with Crippen LogP contribution in [0.1, 0.15) is 44.9 Å². The summed E-state index contributed by atoms with van der Waals surface area (Å²) in [4.78, 5) is 24.0. The summed E-state index contributed by atoms with van der Waals surface area (Å²) in [6, 6.07) is 3.12. The van der Waals surface area contributed by atoms with E-state index in [0.717, 1.165) is 6.07 Å². The van der Waals surface area contributed by atoms with Gasteiger partial charge in [0.1, 0.15) is 29.5 Å². The number of nitrogens with one attached hydrogen (secondary N) is 2. The maximum atomic E-state index is 14.0. The first-order valence-corrected chi connectivity index (χ1v) is 13.7. The van der Waals surface area contributed by atoms with Gasteiger partial charge in [-0.15, -0.1) is 13.2 Å². The predicted molar refractivity (Wildman–Crippen MR) is 137 cm³/mol. The number of aliphatic carboxylic acids is 1. The average Bonchev–Trinajstić information content (AvgIpc) is 3.20. The number of aromatic nitrogens is 4. The Morgan fingerprint density at radius 1 is 1.23 bits per heavy atom. The fourth-order valence-electron chi connectivity index (χ4n) is 3.91. The standard InChI is InChI=1S/C23H31F3N7O5P/c1-13-8-16(38-23(24,25)26)6-7-17(13)15(3)31-39(36,32-22(4,5)21(34)35)12-37-14(2)9-33-11-30-18-19(27)28-10-29-20(18)33/h6-8,10-11,14-15H,9,12H2,1-5H3,(H,34,35)(H2,27,28,29)(H2,31,32,36)/t14?,15-,39?/m1/s1. The van der Waals surface area contributed by atoms with Crippen molar-refractivity contribution in [2.75, 3.05) is 12.1 Å². The molecule has 214 valence electrons. The van der Waals surface area contributed by atoms with E-state index in [9.17, 15) is 27.6 Å². The van der Waals surface area contributed by atoms with Gasteiger partial charge in [0.05, 0.1) is 19.0 Å². The first kappa shape index (κ1) is 30.3. The van der Waals surface area contributed by atoms with Gasteiger partial charge in [-0.2, -0.15) is 0 Å². The van der Waals surface area contributed by atoms with Crippen LogP contribution in [-0.2, 0) is 20.6 Å². The van der Waals surface area contributed by atoms with Crippen molar-refractivity contribution in [2.45, 2.75) is 65.2 Å². The van der Waals surface area contributed by atoms with Gasteiger partial charge in [-0.1, -0.05) is 6.07 Å². The molecule has 3 atom stereocenters. The second-order valence-electron chi connectivity index (χ2n) is 9.63. The van der Waals surface area contributed by atoms with Crippen LogP contribution in [0.4, 0.5) is 19.0 Å². The second kappa shape index (κ2) is 11.5. The Labute approximate surface area is 222 Å². The van der Waals surface area contributed by atoms with Gasteiger partial charge in [0.2, 0.25) is 7.44 Å². The highest BCUT2D eigenvalue weighted by atomic mass is 31.2. The van der Waals surface area contributed by atoms with Gasteiger partial charge in [-0.05, 0) is 57.9 Å². The maximum absolute atomic E-state index is 14.0. The van der Waals surface area contributed by atoms with Crippen LogP contribution in [-0.4, -0.2) is 54.9 Å². The summed E-state index contributed by atoms with van der Waals surface area (Å²) in [5.41, 5.74) is 6.13. The van der Waals surface area contributed by atoms with Gasteiger partial charge in [-0.3, -0.25) is 9.36 Å². The largest absolute Gasteiger partial charge is 0.573 e. The number of fused-ring (bicyclic) bond motifs is 1. The summed E-state index contributed by atoms with van der Waals surface area (Å²) in [5.74, 6) is -1.40. The van der Waals surface area contributed by atoms with Gasteiger partial charge < -0.3 is 24.9 Å². The number of carboxylic acids is 1. The molecule has 2 aromatic heterocycles. The molecule has 0 radical (unpaired) electrons. The monoisotopic (exact) mass is 573 g/mol. The van der Waals surface area contributed by atoms with Crippen LogP contribution in [0.2, 0.25) is 0 Å².